The van der Waals surface area contributed by atoms with Crippen LogP contribution in [0.3, 0.4) is 0 Å². The van der Waals surface area contributed by atoms with Crippen LogP contribution in [0.15, 0.2) is 24.3 Å². The van der Waals surface area contributed by atoms with E-state index in [-0.39, 0.29) is 35.3 Å². The molecule has 0 saturated carbocycles. The Morgan fingerprint density at radius 3 is 2.33 bits per heavy atom. The number of rotatable bonds is 3. The van der Waals surface area contributed by atoms with Crippen molar-refractivity contribution in [3.05, 3.63) is 24.3 Å². The zero-order chi connectivity index (χ0) is 8.10. The molecule has 1 rings (SSSR count). The van der Waals surface area contributed by atoms with Crippen LogP contribution in [0.4, 0.5) is 0 Å². The Hall–Kier alpha value is -0.180. The Bertz CT molecular complexity index is 208. The van der Waals surface area contributed by atoms with E-state index in [0.29, 0.717) is 6.61 Å². The van der Waals surface area contributed by atoms with Crippen LogP contribution in [-0.2, 0) is 0 Å². The molecule has 0 spiro atoms. The molecule has 0 fully saturated rings. The van der Waals surface area contributed by atoms with E-state index < -0.39 is 0 Å². The van der Waals surface area contributed by atoms with Crippen molar-refractivity contribution in [1.29, 1.82) is 0 Å². The molecule has 12 heavy (non-hydrogen) atoms. The third-order valence-corrected chi connectivity index (χ3v) is 1.30. The van der Waals surface area contributed by atoms with Gasteiger partial charge in [0.2, 0.25) is 0 Å². The third kappa shape index (κ3) is 4.00. The molecule has 0 amide bonds. The minimum absolute atomic E-state index is 0. The second-order valence-corrected chi connectivity index (χ2v) is 2.32. The molecule has 1 aromatic carbocycles. The second kappa shape index (κ2) is 6.35. The largest absolute Gasteiger partial charge is 1.00 e. The second-order valence-electron chi connectivity index (χ2n) is 2.32. The van der Waals surface area contributed by atoms with Crippen LogP contribution in [0.1, 0.15) is 13.3 Å². The quantitative estimate of drug-likeness (QED) is 0.525. The summed E-state index contributed by atoms with van der Waals surface area (Å²) in [5, 5.41) is 10.6. The molecule has 0 bridgehead atoms. The number of hydrogen-bond donors (Lipinski definition) is 0. The summed E-state index contributed by atoms with van der Waals surface area (Å²) in [6, 6.07) is 6.39. The summed E-state index contributed by atoms with van der Waals surface area (Å²) >= 11 is 0. The van der Waals surface area contributed by atoms with Gasteiger partial charge in [0, 0.05) is 0 Å². The Balaban J connectivity index is 0.00000121. The molecule has 0 aliphatic heterocycles. The molecule has 0 heterocycles. The van der Waals surface area contributed by atoms with Gasteiger partial charge >= 0.3 is 29.6 Å². The predicted molar refractivity (Wildman–Crippen MR) is 41.7 cm³/mol. The van der Waals surface area contributed by atoms with Crippen LogP contribution in [0.5, 0.6) is 11.5 Å². The number of hydrogen-bond acceptors (Lipinski definition) is 2. The van der Waals surface area contributed by atoms with Gasteiger partial charge in [0.1, 0.15) is 5.75 Å². The van der Waals surface area contributed by atoms with E-state index in [9.17, 15) is 5.11 Å². The summed E-state index contributed by atoms with van der Waals surface area (Å²) in [5.41, 5.74) is 0. The number of benzene rings is 1. The van der Waals surface area contributed by atoms with Gasteiger partial charge < -0.3 is 9.84 Å². The maximum Gasteiger partial charge on any atom is 1.00 e. The van der Waals surface area contributed by atoms with E-state index in [4.69, 9.17) is 4.74 Å². The SMILES string of the molecule is CCCOc1ccc([O-])cc1.[Na+]. The van der Waals surface area contributed by atoms with Gasteiger partial charge in [0.05, 0.1) is 6.61 Å². The van der Waals surface area contributed by atoms with Crippen LogP contribution in [0, 0.1) is 0 Å². The van der Waals surface area contributed by atoms with E-state index in [0.717, 1.165) is 12.2 Å². The van der Waals surface area contributed by atoms with Crippen molar-refractivity contribution in [2.75, 3.05) is 6.61 Å². The zero-order valence-corrected chi connectivity index (χ0v) is 9.54. The minimum Gasteiger partial charge on any atom is -0.872 e. The van der Waals surface area contributed by atoms with E-state index in [1.807, 2.05) is 6.92 Å². The summed E-state index contributed by atoms with van der Waals surface area (Å²) < 4.78 is 5.27. The van der Waals surface area contributed by atoms with Crippen molar-refractivity contribution >= 4 is 0 Å². The summed E-state index contributed by atoms with van der Waals surface area (Å²) in [7, 11) is 0. The smallest absolute Gasteiger partial charge is 0.872 e. The molecule has 0 aliphatic carbocycles. The molecule has 0 atom stereocenters. The molecular weight excluding hydrogens is 163 g/mol. The Labute approximate surface area is 94.8 Å². The topological polar surface area (TPSA) is 32.3 Å². The van der Waals surface area contributed by atoms with E-state index in [1.54, 1.807) is 12.1 Å². The summed E-state index contributed by atoms with van der Waals surface area (Å²) in [6.07, 6.45) is 0.985. The normalized spacial score (nSPS) is 8.75. The van der Waals surface area contributed by atoms with Crippen LogP contribution in [0.2, 0.25) is 0 Å². The maximum absolute atomic E-state index is 10.6. The zero-order valence-electron chi connectivity index (χ0n) is 7.54. The van der Waals surface area contributed by atoms with Gasteiger partial charge in [-0.2, -0.15) is 0 Å². The van der Waals surface area contributed by atoms with Crippen LogP contribution >= 0.6 is 0 Å². The van der Waals surface area contributed by atoms with E-state index in [2.05, 4.69) is 0 Å². The first-order valence-electron chi connectivity index (χ1n) is 3.73. The molecule has 0 aliphatic rings. The minimum atomic E-state index is 0. The van der Waals surface area contributed by atoms with Crippen molar-refractivity contribution in [2.24, 2.45) is 0 Å². The average molecular weight is 174 g/mol. The molecule has 2 nitrogen and oxygen atoms in total. The summed E-state index contributed by atoms with van der Waals surface area (Å²) in [5.74, 6) is 0.792. The molecular formula is C9H11NaO2. The summed E-state index contributed by atoms with van der Waals surface area (Å²) in [6.45, 7) is 2.75. The molecule has 0 saturated heterocycles. The van der Waals surface area contributed by atoms with Crippen molar-refractivity contribution < 1.29 is 39.4 Å². The van der Waals surface area contributed by atoms with Gasteiger partial charge in [-0.3, -0.25) is 0 Å². The first-order valence-corrected chi connectivity index (χ1v) is 3.73. The standard InChI is InChI=1S/C9H12O2.Na/c1-2-7-11-9-5-3-8(10)4-6-9;/h3-6,10H,2,7H2,1H3;/q;+1/p-1. The van der Waals surface area contributed by atoms with E-state index >= 15 is 0 Å². The molecule has 3 heteroatoms. The molecule has 0 radical (unpaired) electrons. The van der Waals surface area contributed by atoms with Gasteiger partial charge in [-0.25, -0.2) is 0 Å². The van der Waals surface area contributed by atoms with E-state index in [1.165, 1.54) is 12.1 Å². The van der Waals surface area contributed by atoms with Crippen LogP contribution in [0.25, 0.3) is 0 Å². The van der Waals surface area contributed by atoms with Crippen molar-refractivity contribution in [2.45, 2.75) is 13.3 Å². The molecule has 0 unspecified atom stereocenters. The monoisotopic (exact) mass is 174 g/mol. The first-order chi connectivity index (χ1) is 5.33. The maximum atomic E-state index is 10.6. The predicted octanol–water partition coefficient (Wildman–Crippen LogP) is -1.45. The fourth-order valence-corrected chi connectivity index (χ4v) is 0.756. The third-order valence-electron chi connectivity index (χ3n) is 1.30. The number of ether oxygens (including phenoxy) is 1. The first kappa shape index (κ1) is 11.8. The molecule has 60 valence electrons. The fourth-order valence-electron chi connectivity index (χ4n) is 0.756. The Morgan fingerprint density at radius 2 is 1.83 bits per heavy atom. The van der Waals surface area contributed by atoms with Gasteiger partial charge in [-0.05, 0) is 18.6 Å². The van der Waals surface area contributed by atoms with Crippen molar-refractivity contribution in [3.63, 3.8) is 0 Å². The Kier molecular flexibility index (Phi) is 6.25. The fraction of sp³-hybridized carbons (Fsp3) is 0.333. The van der Waals surface area contributed by atoms with Gasteiger partial charge in [0.15, 0.2) is 0 Å². The van der Waals surface area contributed by atoms with Crippen molar-refractivity contribution in [3.8, 4) is 11.5 Å². The Morgan fingerprint density at radius 1 is 1.25 bits per heavy atom. The van der Waals surface area contributed by atoms with Gasteiger partial charge in [0.25, 0.3) is 0 Å². The van der Waals surface area contributed by atoms with Crippen LogP contribution < -0.4 is 39.4 Å². The summed E-state index contributed by atoms with van der Waals surface area (Å²) in [4.78, 5) is 0. The molecule has 1 aromatic rings. The van der Waals surface area contributed by atoms with Gasteiger partial charge in [-0.15, -0.1) is 5.75 Å². The van der Waals surface area contributed by atoms with Gasteiger partial charge in [-0.1, -0.05) is 19.1 Å². The van der Waals surface area contributed by atoms with Crippen molar-refractivity contribution in [1.82, 2.24) is 0 Å². The molecule has 0 aromatic heterocycles. The van der Waals surface area contributed by atoms with Crippen LogP contribution in [-0.4, -0.2) is 6.61 Å². The molecule has 0 N–H and O–H groups in total. The average Bonchev–Trinajstić information content (AvgIpc) is 2.04.